The number of rotatable bonds is 3. The molecule has 2 aliphatic rings. The first-order chi connectivity index (χ1) is 9.74. The van der Waals surface area contributed by atoms with E-state index in [1.807, 2.05) is 6.07 Å². The third kappa shape index (κ3) is 3.17. The maximum Gasteiger partial charge on any atom is 0.0409 e. The van der Waals surface area contributed by atoms with Gasteiger partial charge in [-0.2, -0.15) is 0 Å². The second-order valence-electron chi connectivity index (χ2n) is 5.95. The molecule has 1 aromatic carbocycles. The van der Waals surface area contributed by atoms with Gasteiger partial charge in [-0.25, -0.2) is 0 Å². The summed E-state index contributed by atoms with van der Waals surface area (Å²) < 4.78 is 0. The Morgan fingerprint density at radius 2 is 2.05 bits per heavy atom. The second kappa shape index (κ2) is 6.44. The summed E-state index contributed by atoms with van der Waals surface area (Å²) in [4.78, 5) is 5.25. The number of hydrogen-bond acceptors (Lipinski definition) is 3. The molecular weight excluding hydrogens is 270 g/mol. The maximum atomic E-state index is 6.11. The molecule has 2 saturated heterocycles. The van der Waals surface area contributed by atoms with Crippen LogP contribution < -0.4 is 5.32 Å². The van der Waals surface area contributed by atoms with E-state index in [9.17, 15) is 0 Å². The molecule has 0 aliphatic carbocycles. The molecule has 0 aromatic heterocycles. The van der Waals surface area contributed by atoms with E-state index in [1.165, 1.54) is 38.2 Å². The highest BCUT2D eigenvalue weighted by Crippen LogP contribution is 2.28. The number of likely N-dealkylation sites (tertiary alicyclic amines) is 1. The van der Waals surface area contributed by atoms with E-state index in [2.05, 4.69) is 40.2 Å². The van der Waals surface area contributed by atoms with Gasteiger partial charge in [-0.3, -0.25) is 9.80 Å². The molecule has 0 spiro atoms. The molecule has 2 atom stereocenters. The minimum Gasteiger partial charge on any atom is -0.314 e. The Morgan fingerprint density at radius 1 is 1.25 bits per heavy atom. The first kappa shape index (κ1) is 14.3. The molecule has 2 heterocycles. The molecule has 1 aromatic rings. The monoisotopic (exact) mass is 293 g/mol. The van der Waals surface area contributed by atoms with Gasteiger partial charge in [-0.1, -0.05) is 23.7 Å². The van der Waals surface area contributed by atoms with Crippen LogP contribution in [0.5, 0.6) is 0 Å². The van der Waals surface area contributed by atoms with E-state index in [0.717, 1.165) is 24.2 Å². The van der Waals surface area contributed by atoms with Crippen molar-refractivity contribution in [2.45, 2.75) is 25.4 Å². The number of benzene rings is 1. The summed E-state index contributed by atoms with van der Waals surface area (Å²) in [6.07, 6.45) is 1.30. The van der Waals surface area contributed by atoms with Crippen molar-refractivity contribution in [2.75, 3.05) is 39.3 Å². The zero-order chi connectivity index (χ0) is 13.9. The van der Waals surface area contributed by atoms with Crippen molar-refractivity contribution in [1.82, 2.24) is 15.1 Å². The molecule has 0 amide bonds. The molecule has 3 rings (SSSR count). The van der Waals surface area contributed by atoms with Crippen molar-refractivity contribution in [3.05, 3.63) is 34.9 Å². The summed E-state index contributed by atoms with van der Waals surface area (Å²) in [5.74, 6) is 0. The highest BCUT2D eigenvalue weighted by molar-refractivity contribution is 6.30. The van der Waals surface area contributed by atoms with E-state index >= 15 is 0 Å². The normalized spacial score (nSPS) is 26.8. The summed E-state index contributed by atoms with van der Waals surface area (Å²) in [7, 11) is 0. The van der Waals surface area contributed by atoms with Gasteiger partial charge in [-0.05, 0) is 31.0 Å². The lowest BCUT2D eigenvalue weighted by Crippen LogP contribution is -2.49. The van der Waals surface area contributed by atoms with Crippen LogP contribution in [0.15, 0.2) is 24.3 Å². The first-order valence-electron chi connectivity index (χ1n) is 7.68. The van der Waals surface area contributed by atoms with E-state index in [4.69, 9.17) is 11.6 Å². The summed E-state index contributed by atoms with van der Waals surface area (Å²) in [5.41, 5.74) is 1.33. The third-order valence-electron chi connectivity index (χ3n) is 4.74. The molecule has 1 N–H and O–H groups in total. The maximum absolute atomic E-state index is 6.11. The Kier molecular flexibility index (Phi) is 4.61. The van der Waals surface area contributed by atoms with Crippen LogP contribution in [0, 0.1) is 0 Å². The van der Waals surface area contributed by atoms with E-state index in [1.54, 1.807) is 0 Å². The molecule has 3 nitrogen and oxygen atoms in total. The Balaban J connectivity index is 1.61. The van der Waals surface area contributed by atoms with Gasteiger partial charge in [0.2, 0.25) is 0 Å². The van der Waals surface area contributed by atoms with Crippen LogP contribution in [0.3, 0.4) is 0 Å². The lowest BCUT2D eigenvalue weighted by atomic mass is 10.1. The summed E-state index contributed by atoms with van der Waals surface area (Å²) in [5, 5.41) is 4.27. The van der Waals surface area contributed by atoms with Gasteiger partial charge in [0, 0.05) is 56.4 Å². The highest BCUT2D eigenvalue weighted by Gasteiger charge is 2.31. The smallest absolute Gasteiger partial charge is 0.0409 e. The van der Waals surface area contributed by atoms with Crippen molar-refractivity contribution < 1.29 is 0 Å². The molecule has 110 valence electrons. The molecule has 20 heavy (non-hydrogen) atoms. The van der Waals surface area contributed by atoms with Crippen molar-refractivity contribution in [1.29, 1.82) is 0 Å². The van der Waals surface area contributed by atoms with Crippen LogP contribution in [0.2, 0.25) is 5.02 Å². The zero-order valence-corrected chi connectivity index (χ0v) is 12.9. The minimum atomic E-state index is 0.460. The highest BCUT2D eigenvalue weighted by atomic mass is 35.5. The summed E-state index contributed by atoms with van der Waals surface area (Å²) in [6, 6.07) is 9.49. The number of nitrogens with zero attached hydrogens (tertiary/aromatic N) is 2. The predicted molar refractivity (Wildman–Crippen MR) is 84.3 cm³/mol. The number of hydrogen-bond donors (Lipinski definition) is 1. The standard InChI is InChI=1S/C16H24ClN3/c1-13(14-3-2-4-15(17)11-14)20-8-5-16(12-20)19-9-6-18-7-10-19/h2-4,11,13,16,18H,5-10,12H2,1H3. The molecule has 0 saturated carbocycles. The quantitative estimate of drug-likeness (QED) is 0.923. The van der Waals surface area contributed by atoms with Gasteiger partial charge >= 0.3 is 0 Å². The van der Waals surface area contributed by atoms with Gasteiger partial charge in [-0.15, -0.1) is 0 Å². The SMILES string of the molecule is CC(c1cccc(Cl)c1)N1CCC(N2CCNCC2)C1. The molecular formula is C16H24ClN3. The fourth-order valence-corrected chi connectivity index (χ4v) is 3.64. The second-order valence-corrected chi connectivity index (χ2v) is 6.39. The Bertz CT molecular complexity index is 445. The predicted octanol–water partition coefficient (Wildman–Crippen LogP) is 2.38. The van der Waals surface area contributed by atoms with E-state index in [0.29, 0.717) is 6.04 Å². The largest absolute Gasteiger partial charge is 0.314 e. The lowest BCUT2D eigenvalue weighted by molar-refractivity contribution is 0.162. The molecule has 0 radical (unpaired) electrons. The lowest BCUT2D eigenvalue weighted by Gasteiger charge is -2.33. The van der Waals surface area contributed by atoms with Crippen molar-refractivity contribution in [3.63, 3.8) is 0 Å². The van der Waals surface area contributed by atoms with Crippen LogP contribution in [0.25, 0.3) is 0 Å². The van der Waals surface area contributed by atoms with Crippen LogP contribution in [0.4, 0.5) is 0 Å². The van der Waals surface area contributed by atoms with Gasteiger partial charge in [0.25, 0.3) is 0 Å². The van der Waals surface area contributed by atoms with Crippen LogP contribution in [-0.2, 0) is 0 Å². The average molecular weight is 294 g/mol. The summed E-state index contributed by atoms with van der Waals surface area (Å²) >= 11 is 6.11. The van der Waals surface area contributed by atoms with Gasteiger partial charge in [0.05, 0.1) is 0 Å². The van der Waals surface area contributed by atoms with Crippen LogP contribution in [-0.4, -0.2) is 55.1 Å². The molecule has 0 bridgehead atoms. The van der Waals surface area contributed by atoms with Crippen molar-refractivity contribution in [2.24, 2.45) is 0 Å². The number of nitrogens with one attached hydrogen (secondary N) is 1. The van der Waals surface area contributed by atoms with Crippen molar-refractivity contribution >= 4 is 11.6 Å². The minimum absolute atomic E-state index is 0.460. The topological polar surface area (TPSA) is 18.5 Å². The van der Waals surface area contributed by atoms with Gasteiger partial charge < -0.3 is 5.32 Å². The molecule has 4 heteroatoms. The fraction of sp³-hybridized carbons (Fsp3) is 0.625. The molecule has 2 aliphatic heterocycles. The fourth-order valence-electron chi connectivity index (χ4n) is 3.44. The summed E-state index contributed by atoms with van der Waals surface area (Å²) in [6.45, 7) is 9.36. The Hall–Kier alpha value is -0.610. The first-order valence-corrected chi connectivity index (χ1v) is 8.06. The molecule has 2 fully saturated rings. The van der Waals surface area contributed by atoms with E-state index < -0.39 is 0 Å². The van der Waals surface area contributed by atoms with Crippen molar-refractivity contribution in [3.8, 4) is 0 Å². The van der Waals surface area contributed by atoms with Gasteiger partial charge in [0.1, 0.15) is 0 Å². The van der Waals surface area contributed by atoms with Gasteiger partial charge in [0.15, 0.2) is 0 Å². The molecule has 2 unspecified atom stereocenters. The average Bonchev–Trinajstić information content (AvgIpc) is 2.97. The Labute approximate surface area is 126 Å². The van der Waals surface area contributed by atoms with Crippen LogP contribution >= 0.6 is 11.6 Å². The Morgan fingerprint density at radius 3 is 2.80 bits per heavy atom. The number of halogens is 1. The van der Waals surface area contributed by atoms with E-state index in [-0.39, 0.29) is 0 Å². The number of piperazine rings is 1. The zero-order valence-electron chi connectivity index (χ0n) is 12.2. The van der Waals surface area contributed by atoms with Crippen LogP contribution in [0.1, 0.15) is 24.9 Å². The third-order valence-corrected chi connectivity index (χ3v) is 4.98.